The van der Waals surface area contributed by atoms with Crippen LogP contribution in [0.4, 0.5) is 10.5 Å². The van der Waals surface area contributed by atoms with E-state index in [4.69, 9.17) is 9.47 Å². The van der Waals surface area contributed by atoms with Crippen molar-refractivity contribution in [3.05, 3.63) is 40.6 Å². The molecule has 2 N–H and O–H groups in total. The first-order valence-electron chi connectivity index (χ1n) is 7.14. The standard InChI is InChI=1S/C16H18N2O3S/c1-10(2)15(14-4-3-7-22-14)18-16(19)17-11-5-6-12-13(8-11)21-9-20-12/h3-8,10,15H,9H2,1-2H3,(H2,17,18,19). The molecule has 0 radical (unpaired) electrons. The molecule has 2 amide bonds. The lowest BCUT2D eigenvalue weighted by Gasteiger charge is -2.21. The van der Waals surface area contributed by atoms with Crippen molar-refractivity contribution in [2.24, 2.45) is 5.92 Å². The summed E-state index contributed by atoms with van der Waals surface area (Å²) in [5, 5.41) is 7.88. The molecular weight excluding hydrogens is 300 g/mol. The van der Waals surface area contributed by atoms with Gasteiger partial charge in [0, 0.05) is 16.6 Å². The van der Waals surface area contributed by atoms with Gasteiger partial charge < -0.3 is 20.1 Å². The Hall–Kier alpha value is -2.21. The third kappa shape index (κ3) is 3.17. The van der Waals surface area contributed by atoms with Crippen molar-refractivity contribution in [3.8, 4) is 11.5 Å². The molecule has 6 heteroatoms. The normalized spacial score (nSPS) is 14.0. The molecule has 2 heterocycles. The molecule has 0 saturated heterocycles. The van der Waals surface area contributed by atoms with E-state index < -0.39 is 0 Å². The summed E-state index contributed by atoms with van der Waals surface area (Å²) in [6.07, 6.45) is 0. The van der Waals surface area contributed by atoms with Crippen molar-refractivity contribution in [1.82, 2.24) is 5.32 Å². The number of hydrogen-bond acceptors (Lipinski definition) is 4. The minimum atomic E-state index is -0.231. The van der Waals surface area contributed by atoms with Crippen LogP contribution < -0.4 is 20.1 Å². The van der Waals surface area contributed by atoms with Crippen LogP contribution in [0.2, 0.25) is 0 Å². The smallest absolute Gasteiger partial charge is 0.319 e. The number of urea groups is 1. The molecule has 1 aromatic heterocycles. The van der Waals surface area contributed by atoms with E-state index in [2.05, 4.69) is 24.5 Å². The monoisotopic (exact) mass is 318 g/mol. The minimum absolute atomic E-state index is 0.00555. The molecule has 116 valence electrons. The van der Waals surface area contributed by atoms with Crippen molar-refractivity contribution >= 4 is 23.1 Å². The number of carbonyl (C=O) groups is 1. The highest BCUT2D eigenvalue weighted by Gasteiger charge is 2.20. The van der Waals surface area contributed by atoms with Crippen molar-refractivity contribution in [2.75, 3.05) is 12.1 Å². The van der Waals surface area contributed by atoms with Crippen LogP contribution in [-0.2, 0) is 0 Å². The van der Waals surface area contributed by atoms with Crippen molar-refractivity contribution in [3.63, 3.8) is 0 Å². The van der Waals surface area contributed by atoms with E-state index in [1.54, 1.807) is 29.5 Å². The molecular formula is C16H18N2O3S. The lowest BCUT2D eigenvalue weighted by molar-refractivity contribution is 0.174. The number of fused-ring (bicyclic) bond motifs is 1. The summed E-state index contributed by atoms with van der Waals surface area (Å²) >= 11 is 1.64. The number of nitrogens with one attached hydrogen (secondary N) is 2. The van der Waals surface area contributed by atoms with Gasteiger partial charge in [0.05, 0.1) is 6.04 Å². The van der Waals surface area contributed by atoms with Crippen LogP contribution in [0.25, 0.3) is 0 Å². The molecule has 22 heavy (non-hydrogen) atoms. The van der Waals surface area contributed by atoms with Gasteiger partial charge in [0.1, 0.15) is 0 Å². The number of thiophene rings is 1. The second-order valence-electron chi connectivity index (χ2n) is 5.40. The third-order valence-corrected chi connectivity index (χ3v) is 4.39. The molecule has 1 aromatic carbocycles. The van der Waals surface area contributed by atoms with Gasteiger partial charge in [-0.2, -0.15) is 0 Å². The zero-order chi connectivity index (χ0) is 15.5. The molecule has 1 unspecified atom stereocenters. The number of rotatable bonds is 4. The zero-order valence-electron chi connectivity index (χ0n) is 12.5. The second-order valence-corrected chi connectivity index (χ2v) is 6.38. The summed E-state index contributed by atoms with van der Waals surface area (Å²) in [6.45, 7) is 4.40. The van der Waals surface area contributed by atoms with Gasteiger partial charge in [-0.3, -0.25) is 0 Å². The lowest BCUT2D eigenvalue weighted by atomic mass is 10.0. The number of anilines is 1. The fourth-order valence-corrected chi connectivity index (χ4v) is 3.27. The summed E-state index contributed by atoms with van der Waals surface area (Å²) in [4.78, 5) is 13.4. The number of ether oxygens (including phenoxy) is 2. The maximum atomic E-state index is 12.2. The number of carbonyl (C=O) groups excluding carboxylic acids is 1. The third-order valence-electron chi connectivity index (χ3n) is 3.43. The molecule has 0 aliphatic carbocycles. The van der Waals surface area contributed by atoms with Gasteiger partial charge in [-0.1, -0.05) is 19.9 Å². The van der Waals surface area contributed by atoms with Crippen LogP contribution in [0.1, 0.15) is 24.8 Å². The van der Waals surface area contributed by atoms with Crippen LogP contribution in [0.5, 0.6) is 11.5 Å². The highest BCUT2D eigenvalue weighted by atomic mass is 32.1. The van der Waals surface area contributed by atoms with E-state index >= 15 is 0 Å². The van der Waals surface area contributed by atoms with E-state index in [0.717, 1.165) is 4.88 Å². The van der Waals surface area contributed by atoms with Gasteiger partial charge in [0.15, 0.2) is 11.5 Å². The average molecular weight is 318 g/mol. The van der Waals surface area contributed by atoms with E-state index in [1.807, 2.05) is 17.5 Å². The fourth-order valence-electron chi connectivity index (χ4n) is 2.32. The van der Waals surface area contributed by atoms with Crippen molar-refractivity contribution < 1.29 is 14.3 Å². The molecule has 2 aromatic rings. The Morgan fingerprint density at radius 2 is 2.05 bits per heavy atom. The van der Waals surface area contributed by atoms with Crippen LogP contribution in [0.15, 0.2) is 35.7 Å². The number of hydrogen-bond donors (Lipinski definition) is 2. The molecule has 1 aliphatic rings. The van der Waals surface area contributed by atoms with Crippen molar-refractivity contribution in [1.29, 1.82) is 0 Å². The first-order chi connectivity index (χ1) is 10.6. The molecule has 1 aliphatic heterocycles. The Labute approximate surface area is 133 Å². The van der Waals surface area contributed by atoms with Gasteiger partial charge in [-0.25, -0.2) is 4.79 Å². The molecule has 3 rings (SSSR count). The Morgan fingerprint density at radius 3 is 2.77 bits per heavy atom. The van der Waals surface area contributed by atoms with Gasteiger partial charge in [0.25, 0.3) is 0 Å². The van der Waals surface area contributed by atoms with Crippen LogP contribution in [0.3, 0.4) is 0 Å². The summed E-state index contributed by atoms with van der Waals surface area (Å²) in [7, 11) is 0. The highest BCUT2D eigenvalue weighted by molar-refractivity contribution is 7.10. The summed E-state index contributed by atoms with van der Waals surface area (Å²) in [5.41, 5.74) is 0.676. The minimum Gasteiger partial charge on any atom is -0.454 e. The fraction of sp³-hybridized carbons (Fsp3) is 0.312. The van der Waals surface area contributed by atoms with Gasteiger partial charge in [-0.05, 0) is 29.5 Å². The van der Waals surface area contributed by atoms with E-state index in [1.165, 1.54) is 0 Å². The maximum Gasteiger partial charge on any atom is 0.319 e. The topological polar surface area (TPSA) is 59.6 Å². The number of amides is 2. The first-order valence-corrected chi connectivity index (χ1v) is 8.02. The quantitative estimate of drug-likeness (QED) is 0.896. The van der Waals surface area contributed by atoms with Crippen LogP contribution in [-0.4, -0.2) is 12.8 Å². The molecule has 0 saturated carbocycles. The maximum absolute atomic E-state index is 12.2. The Balaban J connectivity index is 1.66. The molecule has 0 bridgehead atoms. The Morgan fingerprint density at radius 1 is 1.23 bits per heavy atom. The predicted octanol–water partition coefficient (Wildman–Crippen LogP) is 4.00. The van der Waals surface area contributed by atoms with Gasteiger partial charge >= 0.3 is 6.03 Å². The summed E-state index contributed by atoms with van der Waals surface area (Å²) in [6, 6.07) is 9.14. The molecule has 1 atom stereocenters. The molecule has 0 fully saturated rings. The molecule has 5 nitrogen and oxygen atoms in total. The largest absolute Gasteiger partial charge is 0.454 e. The molecule has 0 spiro atoms. The van der Waals surface area contributed by atoms with Gasteiger partial charge in [-0.15, -0.1) is 11.3 Å². The van der Waals surface area contributed by atoms with E-state index in [-0.39, 0.29) is 18.9 Å². The predicted molar refractivity (Wildman–Crippen MR) is 86.6 cm³/mol. The Kier molecular flexibility index (Phi) is 4.20. The highest BCUT2D eigenvalue weighted by Crippen LogP contribution is 2.34. The average Bonchev–Trinajstić information content (AvgIpc) is 3.15. The SMILES string of the molecule is CC(C)C(NC(=O)Nc1ccc2c(c1)OCO2)c1cccs1. The van der Waals surface area contributed by atoms with Crippen LogP contribution >= 0.6 is 11.3 Å². The van der Waals surface area contributed by atoms with E-state index in [0.29, 0.717) is 23.1 Å². The Bertz CT molecular complexity index is 655. The summed E-state index contributed by atoms with van der Waals surface area (Å²) < 4.78 is 10.6. The number of benzene rings is 1. The lowest BCUT2D eigenvalue weighted by Crippen LogP contribution is -2.34. The van der Waals surface area contributed by atoms with E-state index in [9.17, 15) is 4.79 Å². The summed E-state index contributed by atoms with van der Waals surface area (Å²) in [5.74, 6) is 1.65. The van der Waals surface area contributed by atoms with Gasteiger partial charge in [0.2, 0.25) is 6.79 Å². The van der Waals surface area contributed by atoms with Crippen LogP contribution in [0, 0.1) is 5.92 Å². The van der Waals surface area contributed by atoms with Crippen molar-refractivity contribution in [2.45, 2.75) is 19.9 Å². The second kappa shape index (κ2) is 6.27. The zero-order valence-corrected chi connectivity index (χ0v) is 13.3. The first kappa shape index (κ1) is 14.7.